The number of hydrogen-bond acceptors (Lipinski definition) is 3. The Morgan fingerprint density at radius 1 is 1.24 bits per heavy atom. The molecule has 1 heterocycles. The van der Waals surface area contributed by atoms with Crippen LogP contribution in [-0.4, -0.2) is 41.5 Å². The molecule has 0 aromatic heterocycles. The van der Waals surface area contributed by atoms with Gasteiger partial charge in [0.2, 0.25) is 5.91 Å². The zero-order chi connectivity index (χ0) is 15.2. The lowest BCUT2D eigenvalue weighted by molar-refractivity contribution is -0.131. The summed E-state index contributed by atoms with van der Waals surface area (Å²) < 4.78 is 0. The fraction of sp³-hybridized carbons (Fsp3) is 0.500. The van der Waals surface area contributed by atoms with Crippen molar-refractivity contribution in [2.45, 2.75) is 32.6 Å². The predicted molar refractivity (Wildman–Crippen MR) is 80.2 cm³/mol. The predicted octanol–water partition coefficient (Wildman–Crippen LogP) is 1.83. The number of amides is 2. The van der Waals surface area contributed by atoms with E-state index in [1.54, 1.807) is 19.1 Å². The van der Waals surface area contributed by atoms with Crippen LogP contribution in [0.2, 0.25) is 0 Å². The first-order valence-corrected chi connectivity index (χ1v) is 7.43. The van der Waals surface area contributed by atoms with E-state index in [1.165, 1.54) is 12.5 Å². The highest BCUT2D eigenvalue weighted by Crippen LogP contribution is 2.16. The first kappa shape index (κ1) is 15.4. The number of likely N-dealkylation sites (tertiary alicyclic amines) is 1. The zero-order valence-electron chi connectivity index (χ0n) is 12.4. The van der Waals surface area contributed by atoms with Crippen LogP contribution in [0.5, 0.6) is 5.75 Å². The average Bonchev–Trinajstić information content (AvgIpc) is 2.50. The maximum absolute atomic E-state index is 12.0. The summed E-state index contributed by atoms with van der Waals surface area (Å²) in [6.07, 6.45) is 3.68. The van der Waals surface area contributed by atoms with Crippen LogP contribution in [0.4, 0.5) is 0 Å². The van der Waals surface area contributed by atoms with Crippen molar-refractivity contribution >= 4 is 11.8 Å². The van der Waals surface area contributed by atoms with Crippen LogP contribution >= 0.6 is 0 Å². The largest absolute Gasteiger partial charge is 0.508 e. The van der Waals surface area contributed by atoms with Crippen LogP contribution in [0.25, 0.3) is 0 Å². The van der Waals surface area contributed by atoms with E-state index in [4.69, 9.17) is 0 Å². The summed E-state index contributed by atoms with van der Waals surface area (Å²) in [5.41, 5.74) is 1.16. The minimum absolute atomic E-state index is 0.108. The van der Waals surface area contributed by atoms with Crippen molar-refractivity contribution in [2.75, 3.05) is 19.6 Å². The molecular formula is C16H22N2O3. The van der Waals surface area contributed by atoms with E-state index in [9.17, 15) is 14.7 Å². The molecule has 0 unspecified atom stereocenters. The number of nitrogens with zero attached hydrogens (tertiary/aromatic N) is 1. The minimum atomic E-state index is -0.218. The van der Waals surface area contributed by atoms with Crippen LogP contribution in [0.15, 0.2) is 18.2 Å². The summed E-state index contributed by atoms with van der Waals surface area (Å²) in [5.74, 6) is 0.0632. The topological polar surface area (TPSA) is 69.6 Å². The van der Waals surface area contributed by atoms with Crippen LogP contribution in [0.3, 0.4) is 0 Å². The van der Waals surface area contributed by atoms with Crippen molar-refractivity contribution in [3.05, 3.63) is 29.3 Å². The van der Waals surface area contributed by atoms with Gasteiger partial charge < -0.3 is 15.3 Å². The molecule has 1 aromatic carbocycles. The molecule has 1 aliphatic heterocycles. The first-order chi connectivity index (χ1) is 10.1. The summed E-state index contributed by atoms with van der Waals surface area (Å²) >= 11 is 0. The van der Waals surface area contributed by atoms with Gasteiger partial charge in [0.05, 0.1) is 0 Å². The van der Waals surface area contributed by atoms with Crippen LogP contribution < -0.4 is 5.32 Å². The van der Waals surface area contributed by atoms with E-state index in [2.05, 4.69) is 5.32 Å². The Kier molecular flexibility index (Phi) is 5.20. The van der Waals surface area contributed by atoms with Gasteiger partial charge in [-0.1, -0.05) is 0 Å². The molecule has 0 atom stereocenters. The number of carbonyl (C=O) groups excluding carboxylic acids is 2. The number of phenols is 1. The van der Waals surface area contributed by atoms with Crippen molar-refractivity contribution in [3.63, 3.8) is 0 Å². The Morgan fingerprint density at radius 2 is 1.95 bits per heavy atom. The van der Waals surface area contributed by atoms with Gasteiger partial charge >= 0.3 is 0 Å². The third-order valence-electron chi connectivity index (χ3n) is 3.79. The summed E-state index contributed by atoms with van der Waals surface area (Å²) in [6, 6.07) is 4.71. The Bertz CT molecular complexity index is 522. The second kappa shape index (κ2) is 7.11. The van der Waals surface area contributed by atoms with Gasteiger partial charge in [0, 0.05) is 31.6 Å². The number of nitrogens with one attached hydrogen (secondary N) is 1. The zero-order valence-corrected chi connectivity index (χ0v) is 12.4. The van der Waals surface area contributed by atoms with E-state index >= 15 is 0 Å². The molecule has 2 N–H and O–H groups in total. The maximum Gasteiger partial charge on any atom is 0.251 e. The Labute approximate surface area is 125 Å². The molecule has 2 rings (SSSR count). The van der Waals surface area contributed by atoms with Gasteiger partial charge in [-0.15, -0.1) is 0 Å². The maximum atomic E-state index is 12.0. The minimum Gasteiger partial charge on any atom is -0.508 e. The normalized spacial score (nSPS) is 14.8. The molecule has 0 aliphatic carbocycles. The molecule has 2 amide bonds. The number of benzene rings is 1. The average molecular weight is 290 g/mol. The molecular weight excluding hydrogens is 268 g/mol. The number of phenolic OH excluding ortho intramolecular Hbond substituents is 1. The van der Waals surface area contributed by atoms with Gasteiger partial charge in [-0.3, -0.25) is 9.59 Å². The highest BCUT2D eigenvalue weighted by Gasteiger charge is 2.16. The Hall–Kier alpha value is -2.04. The van der Waals surface area contributed by atoms with Crippen molar-refractivity contribution < 1.29 is 14.7 Å². The van der Waals surface area contributed by atoms with Crippen molar-refractivity contribution in [1.82, 2.24) is 10.2 Å². The van der Waals surface area contributed by atoms with Gasteiger partial charge in [-0.2, -0.15) is 0 Å². The van der Waals surface area contributed by atoms with Gasteiger partial charge in [0.1, 0.15) is 5.75 Å². The monoisotopic (exact) mass is 290 g/mol. The lowest BCUT2D eigenvalue weighted by Crippen LogP contribution is -2.37. The number of piperidine rings is 1. The molecule has 0 saturated carbocycles. The number of aryl methyl sites for hydroxylation is 1. The van der Waals surface area contributed by atoms with Gasteiger partial charge in [0.15, 0.2) is 0 Å². The van der Waals surface area contributed by atoms with Gasteiger partial charge in [-0.05, 0) is 49.9 Å². The molecule has 1 aliphatic rings. The summed E-state index contributed by atoms with van der Waals surface area (Å²) in [7, 11) is 0. The van der Waals surface area contributed by atoms with Gasteiger partial charge in [0.25, 0.3) is 5.91 Å². The standard InChI is InChI=1S/C16H22N2O3/c1-12-11-13(5-6-14(12)19)16(21)17-8-7-15(20)18-9-3-2-4-10-18/h5-6,11,19H,2-4,7-10H2,1H3,(H,17,21). The van der Waals surface area contributed by atoms with Crippen LogP contribution in [-0.2, 0) is 4.79 Å². The molecule has 1 saturated heterocycles. The summed E-state index contributed by atoms with van der Waals surface area (Å²) in [6.45, 7) is 3.76. The van der Waals surface area contributed by atoms with Gasteiger partial charge in [-0.25, -0.2) is 0 Å². The molecule has 5 heteroatoms. The van der Waals surface area contributed by atoms with E-state index in [0.717, 1.165) is 25.9 Å². The molecule has 1 aromatic rings. The number of aromatic hydroxyl groups is 1. The third-order valence-corrected chi connectivity index (χ3v) is 3.79. The van der Waals surface area contributed by atoms with E-state index in [1.807, 2.05) is 4.90 Å². The molecule has 0 bridgehead atoms. The lowest BCUT2D eigenvalue weighted by atomic mass is 10.1. The molecule has 0 spiro atoms. The highest BCUT2D eigenvalue weighted by molar-refractivity contribution is 5.94. The van der Waals surface area contributed by atoms with Crippen molar-refractivity contribution in [3.8, 4) is 5.75 Å². The molecule has 0 radical (unpaired) electrons. The summed E-state index contributed by atoms with van der Waals surface area (Å²) in [5, 5.41) is 12.2. The number of rotatable bonds is 4. The van der Waals surface area contributed by atoms with Crippen molar-refractivity contribution in [1.29, 1.82) is 0 Å². The first-order valence-electron chi connectivity index (χ1n) is 7.43. The highest BCUT2D eigenvalue weighted by atomic mass is 16.3. The number of carbonyl (C=O) groups is 2. The molecule has 1 fully saturated rings. The molecule has 5 nitrogen and oxygen atoms in total. The Balaban J connectivity index is 1.78. The Morgan fingerprint density at radius 3 is 2.62 bits per heavy atom. The van der Waals surface area contributed by atoms with E-state index < -0.39 is 0 Å². The SMILES string of the molecule is Cc1cc(C(=O)NCCC(=O)N2CCCCC2)ccc1O. The fourth-order valence-electron chi connectivity index (χ4n) is 2.48. The third kappa shape index (κ3) is 4.21. The quantitative estimate of drug-likeness (QED) is 0.889. The van der Waals surface area contributed by atoms with Crippen molar-refractivity contribution in [2.24, 2.45) is 0 Å². The van der Waals surface area contributed by atoms with Crippen LogP contribution in [0.1, 0.15) is 41.6 Å². The van der Waals surface area contributed by atoms with Crippen LogP contribution in [0, 0.1) is 6.92 Å². The number of hydrogen-bond donors (Lipinski definition) is 2. The van der Waals surface area contributed by atoms with E-state index in [0.29, 0.717) is 24.1 Å². The molecule has 114 valence electrons. The second-order valence-corrected chi connectivity index (χ2v) is 5.45. The lowest BCUT2D eigenvalue weighted by Gasteiger charge is -2.26. The fourth-order valence-corrected chi connectivity index (χ4v) is 2.48. The second-order valence-electron chi connectivity index (χ2n) is 5.45. The molecule has 21 heavy (non-hydrogen) atoms. The smallest absolute Gasteiger partial charge is 0.251 e. The van der Waals surface area contributed by atoms with E-state index in [-0.39, 0.29) is 17.6 Å². The summed E-state index contributed by atoms with van der Waals surface area (Å²) in [4.78, 5) is 25.8.